The first-order valence-electron chi connectivity index (χ1n) is 9.46. The molecule has 0 unspecified atom stereocenters. The first-order valence-corrected chi connectivity index (χ1v) is 10.3. The number of hydrogen-bond acceptors (Lipinski definition) is 4. The van der Waals surface area contributed by atoms with Gasteiger partial charge < -0.3 is 9.64 Å². The Morgan fingerprint density at radius 2 is 1.90 bits per heavy atom. The number of nitrogens with zero attached hydrogens (tertiary/aromatic N) is 2. The van der Waals surface area contributed by atoms with E-state index >= 15 is 0 Å². The van der Waals surface area contributed by atoms with E-state index in [2.05, 4.69) is 4.90 Å². The van der Waals surface area contributed by atoms with Crippen LogP contribution in [0.15, 0.2) is 48.5 Å². The third-order valence-electron chi connectivity index (χ3n) is 5.13. The van der Waals surface area contributed by atoms with E-state index in [0.717, 1.165) is 58.9 Å². The lowest BCUT2D eigenvalue weighted by Crippen LogP contribution is -2.41. The van der Waals surface area contributed by atoms with Crippen LogP contribution in [-0.2, 0) is 4.74 Å². The molecule has 1 aliphatic heterocycles. The Balaban J connectivity index is 0.00000240. The second kappa shape index (κ2) is 9.67. The van der Waals surface area contributed by atoms with Gasteiger partial charge in [0.1, 0.15) is 5.82 Å². The molecule has 3 aromatic rings. The first kappa shape index (κ1) is 21.7. The van der Waals surface area contributed by atoms with Gasteiger partial charge in [0, 0.05) is 43.3 Å². The van der Waals surface area contributed by atoms with Crippen molar-refractivity contribution in [1.29, 1.82) is 0 Å². The Bertz CT molecular complexity index is 971. The van der Waals surface area contributed by atoms with E-state index in [9.17, 15) is 9.18 Å². The smallest absolute Gasteiger partial charge is 0.263 e. The molecule has 0 saturated carbocycles. The van der Waals surface area contributed by atoms with Crippen LogP contribution in [0.5, 0.6) is 0 Å². The summed E-state index contributed by atoms with van der Waals surface area (Å²) in [4.78, 5) is 17.8. The van der Waals surface area contributed by atoms with Crippen LogP contribution >= 0.6 is 23.7 Å². The number of amides is 1. The van der Waals surface area contributed by atoms with Crippen molar-refractivity contribution in [2.75, 3.05) is 46.4 Å². The van der Waals surface area contributed by atoms with Crippen LogP contribution in [0.3, 0.4) is 0 Å². The third-order valence-corrected chi connectivity index (χ3v) is 6.22. The molecule has 29 heavy (non-hydrogen) atoms. The lowest BCUT2D eigenvalue weighted by atomic mass is 10.0. The summed E-state index contributed by atoms with van der Waals surface area (Å²) in [5.74, 6) is -0.210. The number of halogens is 2. The van der Waals surface area contributed by atoms with Crippen LogP contribution in [0.2, 0.25) is 0 Å². The van der Waals surface area contributed by atoms with Crippen molar-refractivity contribution >= 4 is 39.7 Å². The summed E-state index contributed by atoms with van der Waals surface area (Å²) in [5, 5.41) is 1.03. The van der Waals surface area contributed by atoms with Gasteiger partial charge in [-0.05, 0) is 35.4 Å². The molecule has 1 saturated heterocycles. The number of hydrogen-bond donors (Lipinski definition) is 0. The molecule has 0 radical (unpaired) electrons. The molecule has 0 aliphatic carbocycles. The lowest BCUT2D eigenvalue weighted by molar-refractivity contribution is 0.0339. The van der Waals surface area contributed by atoms with Crippen molar-refractivity contribution in [3.63, 3.8) is 0 Å². The Hall–Kier alpha value is -1.99. The number of thiophene rings is 1. The molecule has 2 heterocycles. The topological polar surface area (TPSA) is 32.8 Å². The molecular formula is C22H24ClFN2O2S. The molecule has 4 nitrogen and oxygen atoms in total. The number of rotatable bonds is 5. The van der Waals surface area contributed by atoms with E-state index in [4.69, 9.17) is 4.74 Å². The second-order valence-electron chi connectivity index (χ2n) is 7.02. The minimum atomic E-state index is -0.251. The molecule has 0 bridgehead atoms. The molecule has 0 N–H and O–H groups in total. The highest BCUT2D eigenvalue weighted by molar-refractivity contribution is 7.20. The number of carbonyl (C=O) groups excluding carboxylic acids is 1. The van der Waals surface area contributed by atoms with Gasteiger partial charge in [-0.3, -0.25) is 9.69 Å². The molecule has 7 heteroatoms. The molecule has 0 atom stereocenters. The van der Waals surface area contributed by atoms with Crippen molar-refractivity contribution in [2.45, 2.75) is 0 Å². The van der Waals surface area contributed by atoms with Gasteiger partial charge in [0.15, 0.2) is 0 Å². The molecular weight excluding hydrogens is 411 g/mol. The molecule has 1 fully saturated rings. The predicted octanol–water partition coefficient (Wildman–Crippen LogP) is 4.53. The normalized spacial score (nSPS) is 14.6. The van der Waals surface area contributed by atoms with E-state index in [1.165, 1.54) is 23.5 Å². The fourth-order valence-corrected chi connectivity index (χ4v) is 4.54. The highest BCUT2D eigenvalue weighted by atomic mass is 35.5. The van der Waals surface area contributed by atoms with E-state index < -0.39 is 0 Å². The highest BCUT2D eigenvalue weighted by Crippen LogP contribution is 2.34. The van der Waals surface area contributed by atoms with Crippen molar-refractivity contribution in [3.8, 4) is 11.1 Å². The molecule has 4 rings (SSSR count). The maximum absolute atomic E-state index is 13.3. The van der Waals surface area contributed by atoms with E-state index in [1.54, 1.807) is 17.0 Å². The van der Waals surface area contributed by atoms with Crippen LogP contribution < -0.4 is 0 Å². The predicted molar refractivity (Wildman–Crippen MR) is 119 cm³/mol. The molecule has 0 spiro atoms. The first-order chi connectivity index (χ1) is 13.6. The van der Waals surface area contributed by atoms with E-state index in [0.29, 0.717) is 6.54 Å². The van der Waals surface area contributed by atoms with Gasteiger partial charge >= 0.3 is 0 Å². The third kappa shape index (κ3) is 4.95. The summed E-state index contributed by atoms with van der Waals surface area (Å²) in [6.07, 6.45) is 0. The monoisotopic (exact) mass is 434 g/mol. The average Bonchev–Trinajstić information content (AvgIpc) is 3.17. The molecule has 1 amide bonds. The minimum Gasteiger partial charge on any atom is -0.379 e. The summed E-state index contributed by atoms with van der Waals surface area (Å²) < 4.78 is 19.7. The lowest BCUT2D eigenvalue weighted by Gasteiger charge is -2.28. The van der Waals surface area contributed by atoms with Crippen LogP contribution in [0, 0.1) is 5.82 Å². The average molecular weight is 435 g/mol. The van der Waals surface area contributed by atoms with Crippen molar-refractivity contribution < 1.29 is 13.9 Å². The SMILES string of the molecule is CN(CCN1CCOCC1)C(=O)c1cc2c(-c3ccc(F)cc3)cccc2s1.Cl. The number of likely N-dealkylation sites (N-methyl/N-ethyl adjacent to an activating group) is 1. The standard InChI is InChI=1S/C22H23FN2O2S.ClH/c1-24(9-10-25-11-13-27-14-12-25)22(26)21-15-19-18(3-2-4-20(19)28-21)16-5-7-17(23)8-6-16;/h2-8,15H,9-14H2,1H3;1H. The fraction of sp³-hybridized carbons (Fsp3) is 0.318. The van der Waals surface area contributed by atoms with Gasteiger partial charge in [0.05, 0.1) is 18.1 Å². The number of fused-ring (bicyclic) bond motifs is 1. The van der Waals surface area contributed by atoms with Gasteiger partial charge in [-0.25, -0.2) is 4.39 Å². The summed E-state index contributed by atoms with van der Waals surface area (Å²) in [7, 11) is 1.86. The molecule has 154 valence electrons. The number of morpholine rings is 1. The summed E-state index contributed by atoms with van der Waals surface area (Å²) in [5.41, 5.74) is 1.97. The summed E-state index contributed by atoms with van der Waals surface area (Å²) >= 11 is 1.51. The maximum atomic E-state index is 13.3. The zero-order chi connectivity index (χ0) is 19.5. The number of ether oxygens (including phenoxy) is 1. The van der Waals surface area contributed by atoms with Gasteiger partial charge in [-0.1, -0.05) is 24.3 Å². The van der Waals surface area contributed by atoms with Crippen molar-refractivity contribution in [3.05, 3.63) is 59.2 Å². The molecule has 2 aromatic carbocycles. The van der Waals surface area contributed by atoms with Gasteiger partial charge in [-0.2, -0.15) is 0 Å². The highest BCUT2D eigenvalue weighted by Gasteiger charge is 2.18. The Kier molecular flexibility index (Phi) is 7.24. The van der Waals surface area contributed by atoms with Crippen LogP contribution in [0.25, 0.3) is 21.2 Å². The molecule has 1 aliphatic rings. The Morgan fingerprint density at radius 3 is 2.62 bits per heavy atom. The maximum Gasteiger partial charge on any atom is 0.263 e. The number of carbonyl (C=O) groups is 1. The second-order valence-corrected chi connectivity index (χ2v) is 8.10. The zero-order valence-corrected chi connectivity index (χ0v) is 17.9. The van der Waals surface area contributed by atoms with Crippen LogP contribution in [0.4, 0.5) is 4.39 Å². The largest absolute Gasteiger partial charge is 0.379 e. The Morgan fingerprint density at radius 1 is 1.17 bits per heavy atom. The number of benzene rings is 2. The quantitative estimate of drug-likeness (QED) is 0.591. The van der Waals surface area contributed by atoms with Gasteiger partial charge in [0.25, 0.3) is 5.91 Å². The van der Waals surface area contributed by atoms with Gasteiger partial charge in [0.2, 0.25) is 0 Å². The summed E-state index contributed by atoms with van der Waals surface area (Å²) in [6.45, 7) is 4.92. The van der Waals surface area contributed by atoms with E-state index in [1.807, 2.05) is 31.3 Å². The zero-order valence-electron chi connectivity index (χ0n) is 16.3. The van der Waals surface area contributed by atoms with Crippen LogP contribution in [0.1, 0.15) is 9.67 Å². The Labute approximate surface area is 180 Å². The van der Waals surface area contributed by atoms with Crippen molar-refractivity contribution in [2.24, 2.45) is 0 Å². The summed E-state index contributed by atoms with van der Waals surface area (Å²) in [6, 6.07) is 14.5. The fourth-order valence-electron chi connectivity index (χ4n) is 3.45. The molecule has 1 aromatic heterocycles. The van der Waals surface area contributed by atoms with Gasteiger partial charge in [-0.15, -0.1) is 23.7 Å². The minimum absolute atomic E-state index is 0. The van der Waals surface area contributed by atoms with Crippen molar-refractivity contribution in [1.82, 2.24) is 9.80 Å². The van der Waals surface area contributed by atoms with E-state index in [-0.39, 0.29) is 24.1 Å². The van der Waals surface area contributed by atoms with Crippen LogP contribution in [-0.4, -0.2) is 62.1 Å².